The van der Waals surface area contributed by atoms with Crippen LogP contribution < -0.4 is 11.5 Å². The van der Waals surface area contributed by atoms with Crippen molar-refractivity contribution in [3.63, 3.8) is 0 Å². The van der Waals surface area contributed by atoms with Gasteiger partial charge in [-0.25, -0.2) is 0 Å². The first kappa shape index (κ1) is 30.2. The van der Waals surface area contributed by atoms with Crippen LogP contribution in [0.4, 0.5) is 0 Å². The van der Waals surface area contributed by atoms with Gasteiger partial charge < -0.3 is 48.2 Å². The Hall–Kier alpha value is 0.0338. The SMILES string of the molecule is CO[Si](CCCN)(OC)OC.CO[Si](CCCN)(OC)OC(CCO)CCO. The van der Waals surface area contributed by atoms with E-state index in [1.807, 2.05) is 0 Å². The first-order valence-corrected chi connectivity index (χ1v) is 13.3. The van der Waals surface area contributed by atoms with E-state index in [1.165, 1.54) is 0 Å². The van der Waals surface area contributed by atoms with Crippen molar-refractivity contribution < 1.29 is 36.8 Å². The molecule has 0 aromatic carbocycles. The van der Waals surface area contributed by atoms with Crippen molar-refractivity contribution in [2.75, 3.05) is 61.9 Å². The molecule has 28 heavy (non-hydrogen) atoms. The van der Waals surface area contributed by atoms with Crippen LogP contribution in [0.25, 0.3) is 0 Å². The molecule has 0 amide bonds. The van der Waals surface area contributed by atoms with Gasteiger partial charge in [0, 0.05) is 60.9 Å². The Morgan fingerprint density at radius 2 is 1.04 bits per heavy atom. The van der Waals surface area contributed by atoms with Gasteiger partial charge >= 0.3 is 17.6 Å². The van der Waals surface area contributed by atoms with Crippen LogP contribution in [0.5, 0.6) is 0 Å². The molecule has 0 saturated heterocycles. The fourth-order valence-electron chi connectivity index (χ4n) is 2.44. The molecule has 0 spiro atoms. The lowest BCUT2D eigenvalue weighted by Gasteiger charge is -2.30. The molecular formula is C16H42N2O8Si2. The maximum absolute atomic E-state index is 8.93. The van der Waals surface area contributed by atoms with Gasteiger partial charge in [-0.1, -0.05) is 0 Å². The molecule has 0 fully saturated rings. The van der Waals surface area contributed by atoms with E-state index in [9.17, 15) is 0 Å². The number of rotatable bonds is 17. The fraction of sp³-hybridized carbons (Fsp3) is 1.00. The maximum Gasteiger partial charge on any atom is 0.500 e. The number of aliphatic hydroxyl groups excluding tert-OH is 2. The van der Waals surface area contributed by atoms with Crippen molar-refractivity contribution in [1.82, 2.24) is 0 Å². The van der Waals surface area contributed by atoms with Crippen LogP contribution in [0.1, 0.15) is 25.7 Å². The molecule has 0 aliphatic rings. The monoisotopic (exact) mass is 446 g/mol. The van der Waals surface area contributed by atoms with Gasteiger partial charge in [0.1, 0.15) is 0 Å². The second kappa shape index (κ2) is 19.0. The molecular weight excluding hydrogens is 404 g/mol. The molecule has 0 radical (unpaired) electrons. The molecule has 0 atom stereocenters. The summed E-state index contributed by atoms with van der Waals surface area (Å²) in [4.78, 5) is 0. The van der Waals surface area contributed by atoms with Gasteiger partial charge in [0.15, 0.2) is 0 Å². The van der Waals surface area contributed by atoms with E-state index in [2.05, 4.69) is 0 Å². The average molecular weight is 447 g/mol. The zero-order chi connectivity index (χ0) is 21.9. The molecule has 0 bridgehead atoms. The molecule has 0 aromatic heterocycles. The molecule has 10 nitrogen and oxygen atoms in total. The average Bonchev–Trinajstić information content (AvgIpc) is 2.73. The van der Waals surface area contributed by atoms with Crippen LogP contribution in [0.3, 0.4) is 0 Å². The summed E-state index contributed by atoms with van der Waals surface area (Å²) in [6.45, 7) is 1.22. The van der Waals surface area contributed by atoms with Crippen LogP contribution in [0.2, 0.25) is 12.1 Å². The Morgan fingerprint density at radius 3 is 1.32 bits per heavy atom. The van der Waals surface area contributed by atoms with Crippen molar-refractivity contribution >= 4 is 17.6 Å². The van der Waals surface area contributed by atoms with Crippen molar-refractivity contribution in [3.8, 4) is 0 Å². The summed E-state index contributed by atoms with van der Waals surface area (Å²) in [5.74, 6) is 0. The molecule has 0 rings (SSSR count). The summed E-state index contributed by atoms with van der Waals surface area (Å²) in [5, 5.41) is 17.9. The van der Waals surface area contributed by atoms with Gasteiger partial charge in [0.25, 0.3) is 0 Å². The van der Waals surface area contributed by atoms with Crippen molar-refractivity contribution in [3.05, 3.63) is 0 Å². The molecule has 6 N–H and O–H groups in total. The summed E-state index contributed by atoms with van der Waals surface area (Å²) in [6, 6.07) is 1.43. The van der Waals surface area contributed by atoms with Crippen LogP contribution in [0, 0.1) is 0 Å². The Balaban J connectivity index is 0. The van der Waals surface area contributed by atoms with Gasteiger partial charge in [0.05, 0.1) is 6.10 Å². The molecule has 0 saturated carbocycles. The lowest BCUT2D eigenvalue weighted by molar-refractivity contribution is 0.0313. The van der Waals surface area contributed by atoms with Gasteiger partial charge in [-0.05, 0) is 38.8 Å². The minimum Gasteiger partial charge on any atom is -0.396 e. The van der Waals surface area contributed by atoms with Gasteiger partial charge in [0.2, 0.25) is 0 Å². The fourth-order valence-corrected chi connectivity index (χ4v) is 6.46. The summed E-state index contributed by atoms with van der Waals surface area (Å²) in [5.41, 5.74) is 10.8. The van der Waals surface area contributed by atoms with E-state index >= 15 is 0 Å². The Kier molecular flexibility index (Phi) is 20.5. The van der Waals surface area contributed by atoms with E-state index in [-0.39, 0.29) is 19.3 Å². The summed E-state index contributed by atoms with van der Waals surface area (Å²) >= 11 is 0. The van der Waals surface area contributed by atoms with Gasteiger partial charge in [-0.3, -0.25) is 0 Å². The maximum atomic E-state index is 8.93. The first-order chi connectivity index (χ1) is 13.4. The third-order valence-electron chi connectivity index (χ3n) is 4.18. The predicted molar refractivity (Wildman–Crippen MR) is 112 cm³/mol. The topological polar surface area (TPSA) is 148 Å². The molecule has 0 aliphatic heterocycles. The van der Waals surface area contributed by atoms with Gasteiger partial charge in [-0.15, -0.1) is 0 Å². The Labute approximate surface area is 172 Å². The summed E-state index contributed by atoms with van der Waals surface area (Å²) < 4.78 is 32.1. The van der Waals surface area contributed by atoms with E-state index < -0.39 is 17.6 Å². The van der Waals surface area contributed by atoms with Crippen molar-refractivity contribution in [1.29, 1.82) is 0 Å². The summed E-state index contributed by atoms with van der Waals surface area (Å²) in [7, 11) is 2.91. The zero-order valence-corrected chi connectivity index (χ0v) is 20.1. The zero-order valence-electron chi connectivity index (χ0n) is 18.1. The number of hydrogen-bond donors (Lipinski definition) is 4. The van der Waals surface area contributed by atoms with E-state index in [0.717, 1.165) is 18.9 Å². The predicted octanol–water partition coefficient (Wildman–Crippen LogP) is -0.0698. The van der Waals surface area contributed by atoms with E-state index in [1.54, 1.807) is 35.5 Å². The smallest absolute Gasteiger partial charge is 0.396 e. The molecule has 172 valence electrons. The molecule has 0 aromatic rings. The highest BCUT2D eigenvalue weighted by Crippen LogP contribution is 2.20. The number of aliphatic hydroxyl groups is 2. The largest absolute Gasteiger partial charge is 0.500 e. The lowest BCUT2D eigenvalue weighted by Crippen LogP contribution is -2.47. The molecule has 12 heteroatoms. The minimum atomic E-state index is -2.70. The van der Waals surface area contributed by atoms with Crippen molar-refractivity contribution in [2.45, 2.75) is 43.9 Å². The third-order valence-corrected chi connectivity index (χ3v) is 9.91. The van der Waals surface area contributed by atoms with Crippen LogP contribution in [-0.2, 0) is 26.6 Å². The minimum absolute atomic E-state index is 0.0134. The summed E-state index contributed by atoms with van der Waals surface area (Å²) in [6.07, 6.45) is 2.32. The van der Waals surface area contributed by atoms with Gasteiger partial charge in [-0.2, -0.15) is 0 Å². The first-order valence-electron chi connectivity index (χ1n) is 9.47. The van der Waals surface area contributed by atoms with Crippen molar-refractivity contribution in [2.24, 2.45) is 11.5 Å². The van der Waals surface area contributed by atoms with Crippen LogP contribution in [-0.4, -0.2) is 95.8 Å². The highest BCUT2D eigenvalue weighted by molar-refractivity contribution is 6.61. The number of nitrogens with two attached hydrogens (primary N) is 2. The molecule has 0 heterocycles. The van der Waals surface area contributed by atoms with Crippen LogP contribution in [0.15, 0.2) is 0 Å². The number of hydrogen-bond acceptors (Lipinski definition) is 10. The van der Waals surface area contributed by atoms with E-state index in [0.29, 0.717) is 32.0 Å². The second-order valence-corrected chi connectivity index (χ2v) is 11.9. The standard InChI is InChI=1S/C10H25NO5Si.C6H17NO3Si/c1-14-17(15-2,9-3-6-11)16-10(4-7-12)5-8-13;1-8-11(9-2,10-3)6-4-5-7/h10,12-13H,3-9,11H2,1-2H3;4-7H2,1-3H3. The Morgan fingerprint density at radius 1 is 0.679 bits per heavy atom. The highest BCUT2D eigenvalue weighted by Gasteiger charge is 2.40. The van der Waals surface area contributed by atoms with Crippen LogP contribution >= 0.6 is 0 Å². The third kappa shape index (κ3) is 12.6. The lowest BCUT2D eigenvalue weighted by atomic mass is 10.2. The molecule has 0 unspecified atom stereocenters. The Bertz CT molecular complexity index is 324. The van der Waals surface area contributed by atoms with E-state index in [4.69, 9.17) is 48.2 Å². The second-order valence-electron chi connectivity index (χ2n) is 5.94. The molecule has 0 aliphatic carbocycles. The highest BCUT2D eigenvalue weighted by atomic mass is 28.4. The normalized spacial score (nSPS) is 12.2. The quantitative estimate of drug-likeness (QED) is 0.224.